The Balaban J connectivity index is 0.000000983. The Labute approximate surface area is 233 Å². The molecule has 0 saturated heterocycles. The van der Waals surface area contributed by atoms with Gasteiger partial charge in [0.25, 0.3) is 0 Å². The van der Waals surface area contributed by atoms with Crippen LogP contribution in [0.5, 0.6) is 0 Å². The van der Waals surface area contributed by atoms with E-state index in [0.717, 1.165) is 38.2 Å². The molecule has 0 aliphatic heterocycles. The molecule has 1 aliphatic rings. The molecule has 3 aromatic rings. The minimum atomic E-state index is -2.17. The smallest absolute Gasteiger partial charge is 0.235 e. The Bertz CT molecular complexity index is 1260. The molecular weight excluding hydrogens is 488 g/mol. The molecule has 4 rings (SSSR count). The van der Waals surface area contributed by atoms with Crippen molar-refractivity contribution in [2.45, 2.75) is 92.0 Å². The normalized spacial score (nSPS) is 18.6. The summed E-state index contributed by atoms with van der Waals surface area (Å²) in [5.74, 6) is 1.45. The minimum Gasteiger partial charge on any atom is -0.298 e. The van der Waals surface area contributed by atoms with Crippen LogP contribution in [0.2, 0.25) is 0 Å². The monoisotopic (exact) mass is 531 g/mol. The van der Waals surface area contributed by atoms with Gasteiger partial charge in [0.1, 0.15) is 6.29 Å². The summed E-state index contributed by atoms with van der Waals surface area (Å²) >= 11 is 0. The SMILES string of the molecule is CC(F)F.CCCC(C)c1ccc(-c2ccc(CN=C3CC(c4c(C)cccc4C=O)CC3C)c(C)c2)cc1. The first-order valence-corrected chi connectivity index (χ1v) is 14.2. The van der Waals surface area contributed by atoms with E-state index in [1.54, 1.807) is 0 Å². The lowest BCUT2D eigenvalue weighted by atomic mass is 9.89. The van der Waals surface area contributed by atoms with E-state index in [-0.39, 0.29) is 0 Å². The Morgan fingerprint density at radius 1 is 0.974 bits per heavy atom. The summed E-state index contributed by atoms with van der Waals surface area (Å²) in [4.78, 5) is 16.7. The molecule has 0 spiro atoms. The van der Waals surface area contributed by atoms with Crippen LogP contribution in [0.4, 0.5) is 8.78 Å². The molecule has 208 valence electrons. The summed E-state index contributed by atoms with van der Waals surface area (Å²) in [6.45, 7) is 12.7. The highest BCUT2D eigenvalue weighted by Gasteiger charge is 2.30. The predicted molar refractivity (Wildman–Crippen MR) is 160 cm³/mol. The van der Waals surface area contributed by atoms with Gasteiger partial charge in [0, 0.05) is 11.3 Å². The summed E-state index contributed by atoms with van der Waals surface area (Å²) in [6.07, 6.45) is 3.31. The quantitative estimate of drug-likeness (QED) is 0.266. The molecule has 1 fully saturated rings. The lowest BCUT2D eigenvalue weighted by molar-refractivity contribution is 0.112. The second-order valence-electron chi connectivity index (χ2n) is 11.0. The average Bonchev–Trinajstić information content (AvgIpc) is 3.27. The van der Waals surface area contributed by atoms with E-state index in [1.165, 1.54) is 57.5 Å². The maximum Gasteiger partial charge on any atom is 0.235 e. The van der Waals surface area contributed by atoms with Crippen molar-refractivity contribution in [1.82, 2.24) is 0 Å². The molecule has 1 aliphatic carbocycles. The van der Waals surface area contributed by atoms with Crippen molar-refractivity contribution in [3.63, 3.8) is 0 Å². The van der Waals surface area contributed by atoms with Gasteiger partial charge in [-0.3, -0.25) is 9.79 Å². The van der Waals surface area contributed by atoms with Crippen molar-refractivity contribution in [3.8, 4) is 11.1 Å². The highest BCUT2D eigenvalue weighted by molar-refractivity contribution is 5.90. The standard InChI is InChI=1S/C33H39NO.C2H4F2/c1-6-8-22(2)26-11-13-27(14-12-26)28-15-16-29(24(4)17-28)20-34-32-19-31(18-25(32)5)33-23(3)9-7-10-30(33)21-35;1-2(3)4/h7,9-17,21-22,25,31H,6,8,18-20H2,1-5H3;2H,1H3. The largest absolute Gasteiger partial charge is 0.298 e. The fourth-order valence-corrected chi connectivity index (χ4v) is 5.75. The van der Waals surface area contributed by atoms with Gasteiger partial charge in [0.2, 0.25) is 6.43 Å². The predicted octanol–water partition coefficient (Wildman–Crippen LogP) is 10.1. The Morgan fingerprint density at radius 2 is 1.64 bits per heavy atom. The van der Waals surface area contributed by atoms with Crippen LogP contribution in [0.15, 0.2) is 65.7 Å². The van der Waals surface area contributed by atoms with Crippen LogP contribution >= 0.6 is 0 Å². The Morgan fingerprint density at radius 3 is 2.26 bits per heavy atom. The second-order valence-corrected chi connectivity index (χ2v) is 11.0. The summed E-state index contributed by atoms with van der Waals surface area (Å²) in [5, 5.41) is 0. The van der Waals surface area contributed by atoms with E-state index in [2.05, 4.69) is 83.1 Å². The second kappa shape index (κ2) is 14.3. The zero-order valence-corrected chi connectivity index (χ0v) is 24.3. The van der Waals surface area contributed by atoms with Crippen molar-refractivity contribution >= 4 is 12.0 Å². The van der Waals surface area contributed by atoms with E-state index in [9.17, 15) is 13.6 Å². The average molecular weight is 532 g/mol. The van der Waals surface area contributed by atoms with Crippen LogP contribution in [-0.4, -0.2) is 18.4 Å². The number of alkyl halides is 2. The molecule has 39 heavy (non-hydrogen) atoms. The molecule has 0 amide bonds. The van der Waals surface area contributed by atoms with Gasteiger partial charge in [0.05, 0.1) is 6.54 Å². The molecule has 3 unspecified atom stereocenters. The number of benzene rings is 3. The lowest BCUT2D eigenvalue weighted by Gasteiger charge is -2.15. The zero-order valence-electron chi connectivity index (χ0n) is 24.3. The van der Waals surface area contributed by atoms with Crippen molar-refractivity contribution in [2.75, 3.05) is 0 Å². The van der Waals surface area contributed by atoms with Gasteiger partial charge >= 0.3 is 0 Å². The highest BCUT2D eigenvalue weighted by Crippen LogP contribution is 2.39. The number of carbonyl (C=O) groups excluding carboxylic acids is 1. The third-order valence-electron chi connectivity index (χ3n) is 7.89. The molecular formula is C35H43F2NO. The molecule has 0 radical (unpaired) electrons. The summed E-state index contributed by atoms with van der Waals surface area (Å²) < 4.78 is 20.7. The van der Waals surface area contributed by atoms with Gasteiger partial charge in [-0.15, -0.1) is 0 Å². The highest BCUT2D eigenvalue weighted by atomic mass is 19.3. The van der Waals surface area contributed by atoms with Crippen LogP contribution < -0.4 is 0 Å². The van der Waals surface area contributed by atoms with Gasteiger partial charge < -0.3 is 0 Å². The molecule has 0 aromatic heterocycles. The van der Waals surface area contributed by atoms with Gasteiger partial charge in [-0.2, -0.15) is 0 Å². The number of aldehydes is 1. The van der Waals surface area contributed by atoms with E-state index < -0.39 is 6.43 Å². The molecule has 3 atom stereocenters. The van der Waals surface area contributed by atoms with Crippen LogP contribution in [-0.2, 0) is 6.54 Å². The van der Waals surface area contributed by atoms with E-state index in [4.69, 9.17) is 4.99 Å². The number of carbonyl (C=O) groups is 1. The fourth-order valence-electron chi connectivity index (χ4n) is 5.75. The van der Waals surface area contributed by atoms with E-state index in [0.29, 0.717) is 17.8 Å². The molecule has 4 heteroatoms. The number of nitrogens with zero attached hydrogens (tertiary/aromatic N) is 1. The van der Waals surface area contributed by atoms with Gasteiger partial charge in [-0.1, -0.05) is 87.9 Å². The zero-order chi connectivity index (χ0) is 28.5. The summed E-state index contributed by atoms with van der Waals surface area (Å²) in [5.41, 5.74) is 11.1. The van der Waals surface area contributed by atoms with Gasteiger partial charge in [-0.25, -0.2) is 8.78 Å². The maximum atomic E-state index is 11.6. The van der Waals surface area contributed by atoms with Crippen molar-refractivity contribution < 1.29 is 13.6 Å². The molecule has 0 bridgehead atoms. The van der Waals surface area contributed by atoms with Crippen LogP contribution in [0.1, 0.15) is 103 Å². The number of aryl methyl sites for hydroxylation is 2. The number of aliphatic imine (C=N–C) groups is 1. The minimum absolute atomic E-state index is 0.386. The summed E-state index contributed by atoms with van der Waals surface area (Å²) in [7, 11) is 0. The Hall–Kier alpha value is -3.14. The molecule has 0 heterocycles. The first-order chi connectivity index (χ1) is 18.6. The van der Waals surface area contributed by atoms with Crippen LogP contribution in [0.3, 0.4) is 0 Å². The Kier molecular flexibility index (Phi) is 11.2. The fraction of sp³-hybridized carbons (Fsp3) is 0.429. The number of halogens is 2. The lowest BCUT2D eigenvalue weighted by Crippen LogP contribution is -2.03. The first kappa shape index (κ1) is 30.4. The number of hydrogen-bond donors (Lipinski definition) is 0. The maximum absolute atomic E-state index is 11.6. The summed E-state index contributed by atoms with van der Waals surface area (Å²) in [6, 6.07) is 21.9. The topological polar surface area (TPSA) is 29.4 Å². The number of rotatable bonds is 8. The molecule has 2 nitrogen and oxygen atoms in total. The first-order valence-electron chi connectivity index (χ1n) is 14.2. The molecule has 1 saturated carbocycles. The van der Waals surface area contributed by atoms with Crippen LogP contribution in [0, 0.1) is 19.8 Å². The van der Waals surface area contributed by atoms with Crippen molar-refractivity contribution in [3.05, 3.63) is 94.0 Å². The molecule has 3 aromatic carbocycles. The third kappa shape index (κ3) is 8.17. The molecule has 0 N–H and O–H groups in total. The van der Waals surface area contributed by atoms with Crippen molar-refractivity contribution in [2.24, 2.45) is 10.9 Å². The van der Waals surface area contributed by atoms with Gasteiger partial charge in [0.15, 0.2) is 0 Å². The van der Waals surface area contributed by atoms with E-state index in [1.807, 2.05) is 12.1 Å². The van der Waals surface area contributed by atoms with Gasteiger partial charge in [-0.05, 0) is 96.7 Å². The third-order valence-corrected chi connectivity index (χ3v) is 7.89. The van der Waals surface area contributed by atoms with Crippen molar-refractivity contribution in [1.29, 1.82) is 0 Å². The van der Waals surface area contributed by atoms with Crippen LogP contribution in [0.25, 0.3) is 11.1 Å². The van der Waals surface area contributed by atoms with E-state index >= 15 is 0 Å². The number of hydrogen-bond acceptors (Lipinski definition) is 2.